The monoisotopic (exact) mass is 556 g/mol. The van der Waals surface area contributed by atoms with Crippen LogP contribution in [0.3, 0.4) is 0 Å². The fourth-order valence-electron chi connectivity index (χ4n) is 6.47. The van der Waals surface area contributed by atoms with Crippen molar-refractivity contribution in [1.82, 2.24) is 4.57 Å². The van der Waals surface area contributed by atoms with Gasteiger partial charge in [-0.1, -0.05) is 78.9 Å². The van der Waals surface area contributed by atoms with Crippen molar-refractivity contribution in [2.75, 3.05) is 0 Å². The number of aromatic nitrogens is 1. The number of benzene rings is 6. The molecule has 0 aliphatic rings. The lowest BCUT2D eigenvalue weighted by Gasteiger charge is -2.10. The van der Waals surface area contributed by atoms with Gasteiger partial charge in [-0.25, -0.2) is 0 Å². The molecule has 3 aromatic heterocycles. The van der Waals surface area contributed by atoms with Gasteiger partial charge in [0.1, 0.15) is 6.07 Å². The maximum Gasteiger partial charge on any atom is 0.101 e. The molecule has 0 aliphatic carbocycles. The Labute approximate surface area is 243 Å². The number of rotatable bonds is 2. The Morgan fingerprint density at radius 2 is 1.22 bits per heavy atom. The molecule has 0 unspecified atom stereocenters. The number of fused-ring (bicyclic) bond motifs is 9. The molecule has 0 saturated heterocycles. The average Bonchev–Trinajstić information content (AvgIpc) is 3.70. The van der Waals surface area contributed by atoms with Gasteiger partial charge in [0.05, 0.1) is 31.7 Å². The van der Waals surface area contributed by atoms with Crippen LogP contribution in [0.1, 0.15) is 5.56 Å². The topological polar surface area (TPSA) is 28.7 Å². The van der Waals surface area contributed by atoms with Crippen molar-refractivity contribution in [1.29, 1.82) is 5.26 Å². The highest BCUT2D eigenvalue weighted by atomic mass is 32.1. The normalized spacial score (nSPS) is 11.9. The molecule has 190 valence electrons. The summed E-state index contributed by atoms with van der Waals surface area (Å²) in [7, 11) is 0. The molecule has 0 radical (unpaired) electrons. The third kappa shape index (κ3) is 3.16. The quantitative estimate of drug-likeness (QED) is 0.208. The van der Waals surface area contributed by atoms with Gasteiger partial charge in [-0.15, -0.1) is 22.7 Å². The summed E-state index contributed by atoms with van der Waals surface area (Å²) in [6.07, 6.45) is 0. The first-order valence-corrected chi connectivity index (χ1v) is 15.2. The van der Waals surface area contributed by atoms with E-state index < -0.39 is 0 Å². The van der Waals surface area contributed by atoms with Crippen molar-refractivity contribution >= 4 is 84.8 Å². The molecule has 2 nitrogen and oxygen atoms in total. The van der Waals surface area contributed by atoms with Gasteiger partial charge in [0.25, 0.3) is 0 Å². The average molecular weight is 557 g/mol. The van der Waals surface area contributed by atoms with Gasteiger partial charge in [-0.3, -0.25) is 0 Å². The predicted molar refractivity (Wildman–Crippen MR) is 177 cm³/mol. The fraction of sp³-hybridized carbons (Fsp3) is 0. The van der Waals surface area contributed by atoms with Crippen LogP contribution in [-0.4, -0.2) is 4.57 Å². The Hall–Kier alpha value is -4.95. The summed E-state index contributed by atoms with van der Waals surface area (Å²) in [6.45, 7) is 0. The van der Waals surface area contributed by atoms with Gasteiger partial charge >= 0.3 is 0 Å². The molecule has 0 bridgehead atoms. The van der Waals surface area contributed by atoms with Crippen LogP contribution in [0.15, 0.2) is 121 Å². The third-order valence-electron chi connectivity index (χ3n) is 8.25. The van der Waals surface area contributed by atoms with E-state index in [0.29, 0.717) is 0 Å². The van der Waals surface area contributed by atoms with Crippen LogP contribution >= 0.6 is 22.7 Å². The first-order valence-electron chi connectivity index (χ1n) is 13.6. The molecule has 0 saturated carbocycles. The number of nitrogens with zero attached hydrogens (tertiary/aromatic N) is 2. The van der Waals surface area contributed by atoms with Crippen LogP contribution in [-0.2, 0) is 0 Å². The summed E-state index contributed by atoms with van der Waals surface area (Å²) in [5.74, 6) is 0. The molecule has 4 heteroatoms. The lowest BCUT2D eigenvalue weighted by atomic mass is 9.96. The minimum absolute atomic E-state index is 0.722. The molecular formula is C37H20N2S2. The number of nitriles is 1. The number of hydrogen-bond acceptors (Lipinski definition) is 3. The van der Waals surface area contributed by atoms with Gasteiger partial charge in [-0.05, 0) is 53.6 Å². The van der Waals surface area contributed by atoms with Gasteiger partial charge < -0.3 is 4.57 Å². The molecule has 6 aromatic carbocycles. The number of thiophene rings is 2. The van der Waals surface area contributed by atoms with E-state index in [4.69, 9.17) is 0 Å². The van der Waals surface area contributed by atoms with Crippen LogP contribution in [0.2, 0.25) is 0 Å². The summed E-state index contributed by atoms with van der Waals surface area (Å²) >= 11 is 3.57. The molecule has 0 fully saturated rings. The largest absolute Gasteiger partial charge is 0.308 e. The van der Waals surface area contributed by atoms with Gasteiger partial charge in [0.2, 0.25) is 0 Å². The lowest BCUT2D eigenvalue weighted by molar-refractivity contribution is 1.20. The Bertz CT molecular complexity index is 2500. The van der Waals surface area contributed by atoms with Crippen LogP contribution in [0.5, 0.6) is 0 Å². The molecule has 0 amide bonds. The zero-order valence-corrected chi connectivity index (χ0v) is 23.4. The summed E-state index contributed by atoms with van der Waals surface area (Å²) in [5, 5.41) is 17.6. The number of hydrogen-bond donors (Lipinski definition) is 0. The van der Waals surface area contributed by atoms with Gasteiger partial charge in [-0.2, -0.15) is 5.26 Å². The summed E-state index contributed by atoms with van der Waals surface area (Å²) < 4.78 is 7.23. The second-order valence-corrected chi connectivity index (χ2v) is 12.5. The van der Waals surface area contributed by atoms with E-state index in [0.717, 1.165) is 21.3 Å². The van der Waals surface area contributed by atoms with Crippen molar-refractivity contribution in [2.24, 2.45) is 0 Å². The van der Waals surface area contributed by atoms with E-state index in [1.165, 1.54) is 63.2 Å². The molecule has 0 spiro atoms. The Morgan fingerprint density at radius 1 is 0.537 bits per heavy atom. The van der Waals surface area contributed by atoms with Gasteiger partial charge in [0.15, 0.2) is 0 Å². The van der Waals surface area contributed by atoms with Crippen molar-refractivity contribution in [3.05, 3.63) is 127 Å². The van der Waals surface area contributed by atoms with Crippen molar-refractivity contribution < 1.29 is 0 Å². The molecular weight excluding hydrogens is 537 g/mol. The molecule has 9 rings (SSSR count). The van der Waals surface area contributed by atoms with Crippen LogP contribution in [0.25, 0.3) is 79.0 Å². The Kier molecular flexibility index (Phi) is 4.74. The summed E-state index contributed by atoms with van der Waals surface area (Å²) in [6, 6.07) is 45.9. The second-order valence-electron chi connectivity index (χ2n) is 10.4. The highest BCUT2D eigenvalue weighted by Crippen LogP contribution is 2.46. The minimum atomic E-state index is 0.722. The Morgan fingerprint density at radius 3 is 2.00 bits per heavy atom. The lowest BCUT2D eigenvalue weighted by Crippen LogP contribution is -1.93. The second kappa shape index (κ2) is 8.52. The summed E-state index contributed by atoms with van der Waals surface area (Å²) in [5.41, 5.74) is 6.60. The molecule has 3 heterocycles. The van der Waals surface area contributed by atoms with E-state index in [1.54, 1.807) is 11.3 Å². The zero-order valence-electron chi connectivity index (χ0n) is 21.8. The van der Waals surface area contributed by atoms with Crippen molar-refractivity contribution in [2.45, 2.75) is 0 Å². The minimum Gasteiger partial charge on any atom is -0.308 e. The first-order chi connectivity index (χ1) is 20.3. The van der Waals surface area contributed by atoms with E-state index in [2.05, 4.69) is 126 Å². The molecule has 0 atom stereocenters. The van der Waals surface area contributed by atoms with Crippen LogP contribution < -0.4 is 0 Å². The molecule has 0 N–H and O–H groups in total. The Balaban J connectivity index is 1.38. The van der Waals surface area contributed by atoms with Crippen LogP contribution in [0, 0.1) is 11.3 Å². The number of para-hydroxylation sites is 2. The standard InChI is InChI=1S/C37H20N2S2/c38-21-23-16-18-24(22-17-19-34-29(20-22)27-10-3-6-15-33(27)40-34)35-28-11-7-14-32(37(28)41-36(23)35)39-30-12-4-1-8-25(30)26-9-2-5-13-31(26)39/h1-20H. The van der Waals surface area contributed by atoms with Crippen LogP contribution in [0.4, 0.5) is 0 Å². The van der Waals surface area contributed by atoms with Crippen molar-refractivity contribution in [3.63, 3.8) is 0 Å². The highest BCUT2D eigenvalue weighted by molar-refractivity contribution is 7.26. The SMILES string of the molecule is N#Cc1ccc(-c2ccc3sc4ccccc4c3c2)c2c1sc1c(-n3c4ccccc4c4ccccc43)cccc12. The van der Waals surface area contributed by atoms with E-state index in [-0.39, 0.29) is 0 Å². The predicted octanol–water partition coefficient (Wildman–Crippen LogP) is 11.1. The van der Waals surface area contributed by atoms with Crippen molar-refractivity contribution in [3.8, 4) is 22.9 Å². The van der Waals surface area contributed by atoms with E-state index in [1.807, 2.05) is 17.4 Å². The van der Waals surface area contributed by atoms with E-state index in [9.17, 15) is 5.26 Å². The van der Waals surface area contributed by atoms with E-state index >= 15 is 0 Å². The third-order valence-corrected chi connectivity index (χ3v) is 10.7. The maximum absolute atomic E-state index is 10.1. The molecule has 41 heavy (non-hydrogen) atoms. The summed E-state index contributed by atoms with van der Waals surface area (Å²) in [4.78, 5) is 0. The smallest absolute Gasteiger partial charge is 0.101 e. The maximum atomic E-state index is 10.1. The highest BCUT2D eigenvalue weighted by Gasteiger charge is 2.20. The molecule has 9 aromatic rings. The first kappa shape index (κ1) is 22.8. The molecule has 0 aliphatic heterocycles. The zero-order chi connectivity index (χ0) is 27.1. The van der Waals surface area contributed by atoms with Gasteiger partial charge in [0, 0.05) is 41.7 Å². The fourth-order valence-corrected chi connectivity index (χ4v) is 8.85.